The maximum Gasteiger partial charge on any atom is 0.505 e. The zero-order valence-electron chi connectivity index (χ0n) is 12.3. The number of methoxy groups -OCH3 is 1. The van der Waals surface area contributed by atoms with Gasteiger partial charge in [-0.05, 0) is 17.3 Å². The van der Waals surface area contributed by atoms with Crippen molar-refractivity contribution in [1.82, 2.24) is 10.2 Å². The van der Waals surface area contributed by atoms with Crippen molar-refractivity contribution in [1.29, 1.82) is 0 Å². The summed E-state index contributed by atoms with van der Waals surface area (Å²) in [5.41, 5.74) is 0.820. The Kier molecular flexibility index (Phi) is 7.86. The van der Waals surface area contributed by atoms with Crippen molar-refractivity contribution < 1.29 is 29.0 Å². The van der Waals surface area contributed by atoms with E-state index in [0.717, 1.165) is 5.56 Å². The normalized spacial score (nSPS) is 12.8. The minimum Gasteiger partial charge on any atom is -0.467 e. The van der Waals surface area contributed by atoms with Gasteiger partial charge in [-0.15, -0.1) is 0 Å². The highest BCUT2D eigenvalue weighted by Gasteiger charge is 2.27. The summed E-state index contributed by atoms with van der Waals surface area (Å²) in [5, 5.41) is 10.9. The maximum absolute atomic E-state index is 12.1. The van der Waals surface area contributed by atoms with E-state index < -0.39 is 36.7 Å². The molecule has 23 heavy (non-hydrogen) atoms. The summed E-state index contributed by atoms with van der Waals surface area (Å²) in [6.07, 6.45) is -1.32. The molecule has 9 heteroatoms. The SMILES string of the molecule is COC(=O)[C@H](Cc1ccccc1)NC(=O)[C@H](COC(=O)O)NCl. The summed E-state index contributed by atoms with van der Waals surface area (Å²) in [7, 11) is 1.21. The Morgan fingerprint density at radius 2 is 1.87 bits per heavy atom. The number of carbonyl (C=O) groups is 3. The van der Waals surface area contributed by atoms with E-state index in [0.29, 0.717) is 0 Å². The second kappa shape index (κ2) is 9.65. The number of carboxylic acid groups (broad SMARTS) is 1. The molecule has 0 aromatic heterocycles. The lowest BCUT2D eigenvalue weighted by atomic mass is 10.1. The molecule has 2 atom stereocenters. The van der Waals surface area contributed by atoms with Crippen LogP contribution < -0.4 is 10.2 Å². The first-order valence-electron chi connectivity index (χ1n) is 6.62. The number of rotatable bonds is 8. The van der Waals surface area contributed by atoms with Gasteiger partial charge in [0.15, 0.2) is 0 Å². The van der Waals surface area contributed by atoms with Crippen LogP contribution in [0.3, 0.4) is 0 Å². The van der Waals surface area contributed by atoms with Crippen LogP contribution >= 0.6 is 11.8 Å². The van der Waals surface area contributed by atoms with Crippen molar-refractivity contribution in [3.8, 4) is 0 Å². The Hall–Kier alpha value is -2.32. The average Bonchev–Trinajstić information content (AvgIpc) is 2.54. The van der Waals surface area contributed by atoms with Crippen molar-refractivity contribution in [2.75, 3.05) is 13.7 Å². The molecule has 1 rings (SSSR count). The van der Waals surface area contributed by atoms with Crippen LogP contribution in [0.1, 0.15) is 5.56 Å². The van der Waals surface area contributed by atoms with Crippen molar-refractivity contribution in [2.45, 2.75) is 18.5 Å². The highest BCUT2D eigenvalue weighted by Crippen LogP contribution is 2.05. The zero-order valence-corrected chi connectivity index (χ0v) is 13.1. The van der Waals surface area contributed by atoms with Gasteiger partial charge in [0.05, 0.1) is 7.11 Å². The molecule has 0 radical (unpaired) electrons. The van der Waals surface area contributed by atoms with E-state index >= 15 is 0 Å². The first kappa shape index (κ1) is 18.7. The van der Waals surface area contributed by atoms with Gasteiger partial charge in [-0.2, -0.15) is 0 Å². The second-order valence-corrected chi connectivity index (χ2v) is 4.73. The first-order chi connectivity index (χ1) is 11.0. The third-order valence-corrected chi connectivity index (χ3v) is 3.17. The first-order valence-corrected chi connectivity index (χ1v) is 6.99. The van der Waals surface area contributed by atoms with Crippen molar-refractivity contribution >= 4 is 29.8 Å². The number of hydrogen-bond acceptors (Lipinski definition) is 6. The fourth-order valence-corrected chi connectivity index (χ4v) is 1.93. The second-order valence-electron chi connectivity index (χ2n) is 4.51. The molecule has 1 amide bonds. The summed E-state index contributed by atoms with van der Waals surface area (Å²) in [6.45, 7) is -0.496. The Labute approximate surface area is 137 Å². The van der Waals surface area contributed by atoms with E-state index in [9.17, 15) is 14.4 Å². The molecule has 0 aliphatic rings. The van der Waals surface area contributed by atoms with Gasteiger partial charge in [-0.25, -0.2) is 14.4 Å². The minimum atomic E-state index is -1.54. The molecule has 0 spiro atoms. The van der Waals surface area contributed by atoms with Crippen molar-refractivity contribution in [3.05, 3.63) is 35.9 Å². The number of ether oxygens (including phenoxy) is 2. The van der Waals surface area contributed by atoms with E-state index in [2.05, 4.69) is 19.6 Å². The number of carbonyl (C=O) groups excluding carboxylic acids is 2. The highest BCUT2D eigenvalue weighted by molar-refractivity contribution is 6.15. The Balaban J connectivity index is 2.73. The van der Waals surface area contributed by atoms with Gasteiger partial charge in [0.25, 0.3) is 0 Å². The third-order valence-electron chi connectivity index (χ3n) is 2.91. The molecular weight excluding hydrogens is 328 g/mol. The fourth-order valence-electron chi connectivity index (χ4n) is 1.77. The van der Waals surface area contributed by atoms with E-state index in [-0.39, 0.29) is 6.42 Å². The van der Waals surface area contributed by atoms with Gasteiger partial charge in [-0.3, -0.25) is 4.79 Å². The average molecular weight is 345 g/mol. The molecule has 0 heterocycles. The van der Waals surface area contributed by atoms with Crippen LogP contribution in [-0.4, -0.2) is 48.9 Å². The predicted octanol–water partition coefficient (Wildman–Crippen LogP) is 0.693. The Bertz CT molecular complexity index is 539. The number of benzene rings is 1. The van der Waals surface area contributed by atoms with Crippen LogP contribution in [0.4, 0.5) is 4.79 Å². The number of amides is 1. The molecule has 8 nitrogen and oxygen atoms in total. The molecule has 3 N–H and O–H groups in total. The largest absolute Gasteiger partial charge is 0.505 e. The molecule has 0 bridgehead atoms. The van der Waals surface area contributed by atoms with Gasteiger partial charge in [0, 0.05) is 6.42 Å². The lowest BCUT2D eigenvalue weighted by molar-refractivity contribution is -0.145. The number of nitrogens with one attached hydrogen (secondary N) is 2. The number of hydrogen-bond donors (Lipinski definition) is 3. The van der Waals surface area contributed by atoms with Gasteiger partial charge in [0.2, 0.25) is 5.91 Å². The van der Waals surface area contributed by atoms with Crippen molar-refractivity contribution in [2.24, 2.45) is 0 Å². The number of esters is 1. The van der Waals surface area contributed by atoms with E-state index in [1.165, 1.54) is 7.11 Å². The van der Waals surface area contributed by atoms with Crippen LogP contribution in [-0.2, 0) is 25.5 Å². The molecule has 0 unspecified atom stereocenters. The summed E-state index contributed by atoms with van der Waals surface area (Å²) in [4.78, 5) is 36.3. The summed E-state index contributed by atoms with van der Waals surface area (Å²) in [5.74, 6) is -1.32. The highest BCUT2D eigenvalue weighted by atomic mass is 35.5. The summed E-state index contributed by atoms with van der Waals surface area (Å²) < 4.78 is 8.96. The molecule has 1 aromatic carbocycles. The van der Waals surface area contributed by atoms with E-state index in [4.69, 9.17) is 16.9 Å². The topological polar surface area (TPSA) is 114 Å². The lowest BCUT2D eigenvalue weighted by Gasteiger charge is -2.20. The van der Waals surface area contributed by atoms with Gasteiger partial charge >= 0.3 is 12.1 Å². The summed E-state index contributed by atoms with van der Waals surface area (Å²) in [6, 6.07) is 6.94. The standard InChI is InChI=1S/C14H17ClN2O6/c1-22-13(19)10(7-9-5-3-2-4-6-9)16-12(18)11(17-15)8-23-14(20)21/h2-6,10-11,17H,7-8H2,1H3,(H,16,18)(H,20,21)/t10-,11-/m0/s1. The molecular formula is C14H17ClN2O6. The molecule has 0 fully saturated rings. The Morgan fingerprint density at radius 1 is 1.22 bits per heavy atom. The van der Waals surface area contributed by atoms with Crippen LogP contribution in [0.5, 0.6) is 0 Å². The zero-order chi connectivity index (χ0) is 17.2. The van der Waals surface area contributed by atoms with Gasteiger partial charge in [0.1, 0.15) is 18.7 Å². The van der Waals surface area contributed by atoms with Gasteiger partial charge in [-0.1, -0.05) is 30.3 Å². The molecule has 0 aliphatic carbocycles. The van der Waals surface area contributed by atoms with Crippen LogP contribution in [0, 0.1) is 0 Å². The third kappa shape index (κ3) is 6.54. The maximum atomic E-state index is 12.1. The lowest BCUT2D eigenvalue weighted by Crippen LogP contribution is -2.51. The van der Waals surface area contributed by atoms with Crippen LogP contribution in [0.15, 0.2) is 30.3 Å². The monoisotopic (exact) mass is 344 g/mol. The number of halogens is 1. The van der Waals surface area contributed by atoms with E-state index in [1.54, 1.807) is 24.3 Å². The van der Waals surface area contributed by atoms with E-state index in [1.807, 2.05) is 6.07 Å². The molecule has 1 aromatic rings. The summed E-state index contributed by atoms with van der Waals surface area (Å²) >= 11 is 5.40. The quantitative estimate of drug-likeness (QED) is 0.469. The Morgan fingerprint density at radius 3 is 2.39 bits per heavy atom. The molecule has 126 valence electrons. The van der Waals surface area contributed by atoms with Gasteiger partial charge < -0.3 is 19.9 Å². The fraction of sp³-hybridized carbons (Fsp3) is 0.357. The predicted molar refractivity (Wildman–Crippen MR) is 80.8 cm³/mol. The van der Waals surface area contributed by atoms with Crippen molar-refractivity contribution in [3.63, 3.8) is 0 Å². The smallest absolute Gasteiger partial charge is 0.467 e. The van der Waals surface area contributed by atoms with Crippen LogP contribution in [0.2, 0.25) is 0 Å². The molecule has 0 saturated carbocycles. The molecule has 0 aliphatic heterocycles. The van der Waals surface area contributed by atoms with Crippen LogP contribution in [0.25, 0.3) is 0 Å². The minimum absolute atomic E-state index is 0.216. The molecule has 0 saturated heterocycles.